The van der Waals surface area contributed by atoms with Gasteiger partial charge in [-0.1, -0.05) is 26.3 Å². The fraction of sp³-hybridized carbons (Fsp3) is 0.792. The Morgan fingerprint density at radius 3 is 2.48 bits per heavy atom. The fourth-order valence-corrected chi connectivity index (χ4v) is 6.26. The van der Waals surface area contributed by atoms with Crippen LogP contribution in [0.5, 0.6) is 0 Å². The van der Waals surface area contributed by atoms with Crippen LogP contribution in [-0.4, -0.2) is 72.3 Å². The highest BCUT2D eigenvalue weighted by molar-refractivity contribution is 5.70. The number of rotatable bonds is 7. The van der Waals surface area contributed by atoms with Crippen molar-refractivity contribution >= 4 is 17.9 Å². The van der Waals surface area contributed by atoms with Gasteiger partial charge in [0.25, 0.3) is 0 Å². The van der Waals surface area contributed by atoms with Gasteiger partial charge in [0.15, 0.2) is 0 Å². The van der Waals surface area contributed by atoms with E-state index in [4.69, 9.17) is 23.7 Å². The second-order valence-electron chi connectivity index (χ2n) is 10.0. The molecule has 0 radical (unpaired) electrons. The SMILES string of the molecule is CCCCC(=O)O[C@H]1C[C@@]2(COC(C)=O)[C@@H](C=C1C)O[C@@H]1[C@H](O)[C@@H](OC(C)=O)[C@@]2(C)C12CO2. The number of carbonyl (C=O) groups excluding carboxylic acids is 3. The van der Waals surface area contributed by atoms with Crippen molar-refractivity contribution in [1.82, 2.24) is 0 Å². The molecule has 2 saturated heterocycles. The van der Waals surface area contributed by atoms with Gasteiger partial charge in [0.05, 0.1) is 23.5 Å². The van der Waals surface area contributed by atoms with E-state index in [1.54, 1.807) is 0 Å². The molecule has 2 heterocycles. The standard InChI is InChI=1S/C24H34O9/c1-6-7-8-18(27)32-16-10-23(11-29-14(3)25)17(9-13(16)2)33-21-19(28)20(31-15(4)26)22(23,5)24(21)12-30-24/h9,16-17,19-21,28H,6-8,10-12H2,1-5H3/t16-,17+,19+,20+,21+,22+,23+,24?/m0/s1. The molecule has 9 nitrogen and oxygen atoms in total. The third-order valence-corrected chi connectivity index (χ3v) is 8.16. The second-order valence-corrected chi connectivity index (χ2v) is 10.0. The summed E-state index contributed by atoms with van der Waals surface area (Å²) in [6.07, 6.45) is 0.225. The monoisotopic (exact) mass is 466 g/mol. The number of fused-ring (bicyclic) bond motifs is 2. The highest BCUT2D eigenvalue weighted by Gasteiger charge is 2.86. The van der Waals surface area contributed by atoms with Gasteiger partial charge in [-0.15, -0.1) is 0 Å². The summed E-state index contributed by atoms with van der Waals surface area (Å²) in [5.74, 6) is -1.30. The van der Waals surface area contributed by atoms with E-state index in [2.05, 4.69) is 0 Å². The number of esters is 3. The maximum atomic E-state index is 12.5. The van der Waals surface area contributed by atoms with Gasteiger partial charge < -0.3 is 28.8 Å². The Hall–Kier alpha value is -1.97. The van der Waals surface area contributed by atoms with E-state index in [0.717, 1.165) is 18.4 Å². The molecule has 0 aromatic rings. The lowest BCUT2D eigenvalue weighted by molar-refractivity contribution is -0.241. The van der Waals surface area contributed by atoms with E-state index < -0.39 is 58.9 Å². The number of aliphatic hydroxyl groups excluding tert-OH is 1. The predicted molar refractivity (Wildman–Crippen MR) is 114 cm³/mol. The Kier molecular flexibility index (Phi) is 6.12. The number of hydrogen-bond donors (Lipinski definition) is 1. The topological polar surface area (TPSA) is 121 Å². The summed E-state index contributed by atoms with van der Waals surface area (Å²) in [7, 11) is 0. The van der Waals surface area contributed by atoms with Crippen LogP contribution in [0.1, 0.15) is 60.3 Å². The molecule has 2 aliphatic heterocycles. The van der Waals surface area contributed by atoms with E-state index in [9.17, 15) is 19.5 Å². The van der Waals surface area contributed by atoms with E-state index in [1.807, 2.05) is 26.8 Å². The molecule has 0 aromatic heterocycles. The largest absolute Gasteiger partial charge is 0.465 e. The summed E-state index contributed by atoms with van der Waals surface area (Å²) >= 11 is 0. The van der Waals surface area contributed by atoms with Crippen LogP contribution in [0.15, 0.2) is 11.6 Å². The molecule has 2 bridgehead atoms. The zero-order chi connectivity index (χ0) is 24.2. The second kappa shape index (κ2) is 8.36. The summed E-state index contributed by atoms with van der Waals surface area (Å²) < 4.78 is 29.4. The van der Waals surface area contributed by atoms with Crippen molar-refractivity contribution in [3.63, 3.8) is 0 Å². The average molecular weight is 467 g/mol. The highest BCUT2D eigenvalue weighted by Crippen LogP contribution is 2.72. The molecule has 1 spiro atoms. The Morgan fingerprint density at radius 2 is 1.91 bits per heavy atom. The molecule has 33 heavy (non-hydrogen) atoms. The van der Waals surface area contributed by atoms with Gasteiger partial charge in [-0.05, 0) is 18.9 Å². The van der Waals surface area contributed by atoms with E-state index in [-0.39, 0.29) is 19.0 Å². The summed E-state index contributed by atoms with van der Waals surface area (Å²) in [6, 6.07) is 0. The summed E-state index contributed by atoms with van der Waals surface area (Å²) in [5.41, 5.74) is -1.98. The third-order valence-electron chi connectivity index (χ3n) is 8.16. The van der Waals surface area contributed by atoms with Crippen molar-refractivity contribution in [2.75, 3.05) is 13.2 Å². The molecule has 0 amide bonds. The predicted octanol–water partition coefficient (Wildman–Crippen LogP) is 1.84. The number of hydrogen-bond acceptors (Lipinski definition) is 9. The molecule has 1 saturated carbocycles. The molecule has 1 N–H and O–H groups in total. The maximum Gasteiger partial charge on any atom is 0.306 e. The molecule has 2 aliphatic carbocycles. The lowest BCUT2D eigenvalue weighted by Gasteiger charge is -2.58. The number of ether oxygens (including phenoxy) is 5. The maximum absolute atomic E-state index is 12.5. The zero-order valence-electron chi connectivity index (χ0n) is 19.9. The van der Waals surface area contributed by atoms with Crippen LogP contribution < -0.4 is 0 Å². The van der Waals surface area contributed by atoms with Crippen LogP contribution in [0.4, 0.5) is 0 Å². The molecule has 0 aromatic carbocycles. The zero-order valence-corrected chi connectivity index (χ0v) is 19.9. The normalized spacial score (nSPS) is 42.8. The van der Waals surface area contributed by atoms with Gasteiger partial charge in [-0.2, -0.15) is 0 Å². The smallest absolute Gasteiger partial charge is 0.306 e. The van der Waals surface area contributed by atoms with Crippen LogP contribution in [0.3, 0.4) is 0 Å². The molecule has 4 rings (SSSR count). The lowest BCUT2D eigenvalue weighted by Crippen LogP contribution is -2.68. The van der Waals surface area contributed by atoms with Gasteiger partial charge in [0.2, 0.25) is 0 Å². The van der Waals surface area contributed by atoms with Crippen LogP contribution >= 0.6 is 0 Å². The minimum Gasteiger partial charge on any atom is -0.465 e. The minimum absolute atomic E-state index is 0.0569. The molecule has 9 heteroatoms. The summed E-state index contributed by atoms with van der Waals surface area (Å²) in [5, 5.41) is 11.2. The molecule has 3 fully saturated rings. The van der Waals surface area contributed by atoms with Crippen LogP contribution in [0.25, 0.3) is 0 Å². The minimum atomic E-state index is -1.11. The van der Waals surface area contributed by atoms with Crippen LogP contribution in [0.2, 0.25) is 0 Å². The Labute approximate surface area is 193 Å². The van der Waals surface area contributed by atoms with E-state index in [1.165, 1.54) is 13.8 Å². The first-order valence-electron chi connectivity index (χ1n) is 11.7. The average Bonchev–Trinajstić information content (AvgIpc) is 3.53. The van der Waals surface area contributed by atoms with Crippen molar-refractivity contribution in [1.29, 1.82) is 0 Å². The van der Waals surface area contributed by atoms with Crippen molar-refractivity contribution in [3.05, 3.63) is 11.6 Å². The summed E-state index contributed by atoms with van der Waals surface area (Å²) in [4.78, 5) is 36.4. The quantitative estimate of drug-likeness (QED) is 0.259. The van der Waals surface area contributed by atoms with Gasteiger partial charge in [-0.25, -0.2) is 0 Å². The Balaban J connectivity index is 1.78. The number of unbranched alkanes of at least 4 members (excludes halogenated alkanes) is 1. The Morgan fingerprint density at radius 1 is 1.21 bits per heavy atom. The van der Waals surface area contributed by atoms with Crippen molar-refractivity contribution < 1.29 is 43.2 Å². The van der Waals surface area contributed by atoms with E-state index in [0.29, 0.717) is 13.0 Å². The van der Waals surface area contributed by atoms with Crippen molar-refractivity contribution in [2.45, 2.75) is 96.4 Å². The van der Waals surface area contributed by atoms with Crippen molar-refractivity contribution in [3.8, 4) is 0 Å². The molecule has 8 atom stereocenters. The van der Waals surface area contributed by atoms with Crippen molar-refractivity contribution in [2.24, 2.45) is 10.8 Å². The van der Waals surface area contributed by atoms with Crippen LogP contribution in [0, 0.1) is 10.8 Å². The first-order valence-corrected chi connectivity index (χ1v) is 11.7. The first-order chi connectivity index (χ1) is 15.5. The fourth-order valence-electron chi connectivity index (χ4n) is 6.26. The van der Waals surface area contributed by atoms with Gasteiger partial charge in [0.1, 0.15) is 36.6 Å². The van der Waals surface area contributed by atoms with Gasteiger partial charge in [-0.3, -0.25) is 14.4 Å². The molecular formula is C24H34O9. The number of aliphatic hydroxyl groups is 1. The molecular weight excluding hydrogens is 432 g/mol. The third kappa shape index (κ3) is 3.51. The van der Waals surface area contributed by atoms with Gasteiger partial charge in [0, 0.05) is 26.7 Å². The van der Waals surface area contributed by atoms with Crippen LogP contribution in [-0.2, 0) is 38.1 Å². The molecule has 4 aliphatic rings. The first kappa shape index (κ1) is 24.2. The van der Waals surface area contributed by atoms with Gasteiger partial charge >= 0.3 is 17.9 Å². The molecule has 184 valence electrons. The highest BCUT2D eigenvalue weighted by atomic mass is 16.7. The number of carbonyl (C=O) groups is 3. The summed E-state index contributed by atoms with van der Waals surface area (Å²) in [6.45, 7) is 8.66. The Bertz CT molecular complexity index is 862. The molecule has 1 unspecified atom stereocenters. The lowest BCUT2D eigenvalue weighted by atomic mass is 9.51. The number of epoxide rings is 1. The van der Waals surface area contributed by atoms with E-state index >= 15 is 0 Å².